The van der Waals surface area contributed by atoms with Crippen molar-refractivity contribution in [1.82, 2.24) is 0 Å². The molecule has 0 aromatic heterocycles. The Morgan fingerprint density at radius 2 is 1.69 bits per heavy atom. The lowest BCUT2D eigenvalue weighted by atomic mass is 9.72. The quantitative estimate of drug-likeness (QED) is 0.568. The van der Waals surface area contributed by atoms with Gasteiger partial charge in [0.05, 0.1) is 0 Å². The minimum absolute atomic E-state index is 0.108. The van der Waals surface area contributed by atoms with Crippen LogP contribution in [-0.2, 0) is 16.6 Å². The molecule has 0 radical (unpaired) electrons. The van der Waals surface area contributed by atoms with Crippen LogP contribution in [0.1, 0.15) is 50.7 Å². The Morgan fingerprint density at radius 1 is 1.08 bits per heavy atom. The number of aryl methyl sites for hydroxylation is 1. The highest BCUT2D eigenvalue weighted by Gasteiger charge is 2.30. The molecule has 26 heavy (non-hydrogen) atoms. The molecule has 0 bridgehead atoms. The van der Waals surface area contributed by atoms with E-state index in [1.54, 1.807) is 6.07 Å². The van der Waals surface area contributed by atoms with Gasteiger partial charge in [0.1, 0.15) is 5.75 Å². The van der Waals surface area contributed by atoms with Gasteiger partial charge in [0.2, 0.25) is 0 Å². The van der Waals surface area contributed by atoms with Crippen molar-refractivity contribution in [2.24, 2.45) is 0 Å². The van der Waals surface area contributed by atoms with E-state index in [-0.39, 0.29) is 11.8 Å². The van der Waals surface area contributed by atoms with E-state index in [9.17, 15) is 9.90 Å². The van der Waals surface area contributed by atoms with Gasteiger partial charge in [0.15, 0.2) is 0 Å². The Bertz CT molecular complexity index is 756. The smallest absolute Gasteiger partial charge is 0.303 e. The van der Waals surface area contributed by atoms with Crippen molar-refractivity contribution < 1.29 is 15.0 Å². The molecule has 2 aromatic rings. The van der Waals surface area contributed by atoms with Crippen LogP contribution in [0.25, 0.3) is 11.1 Å². The lowest BCUT2D eigenvalue weighted by Crippen LogP contribution is -2.23. The van der Waals surface area contributed by atoms with Gasteiger partial charge in [0, 0.05) is 17.4 Å². The maximum Gasteiger partial charge on any atom is 0.303 e. The normalized spacial score (nSPS) is 11.3. The first-order valence-corrected chi connectivity index (χ1v) is 9.21. The van der Waals surface area contributed by atoms with Gasteiger partial charge in [-0.05, 0) is 54.5 Å². The molecule has 3 nitrogen and oxygen atoms in total. The number of carboxylic acid groups (broad SMARTS) is 1. The third-order valence-corrected chi connectivity index (χ3v) is 5.37. The molecule has 0 saturated carbocycles. The summed E-state index contributed by atoms with van der Waals surface area (Å²) in [7, 11) is 0. The van der Waals surface area contributed by atoms with Gasteiger partial charge < -0.3 is 10.2 Å². The molecule has 0 atom stereocenters. The molecular weight excluding hydrogens is 324 g/mol. The molecule has 0 saturated heterocycles. The summed E-state index contributed by atoms with van der Waals surface area (Å²) in [6.45, 7) is 8.19. The van der Waals surface area contributed by atoms with Crippen molar-refractivity contribution in [3.05, 3.63) is 66.2 Å². The van der Waals surface area contributed by atoms with E-state index in [2.05, 4.69) is 26.5 Å². The van der Waals surface area contributed by atoms with E-state index in [0.29, 0.717) is 12.2 Å². The molecule has 0 amide bonds. The Labute approximate surface area is 156 Å². The number of phenols is 1. The van der Waals surface area contributed by atoms with E-state index in [1.165, 1.54) is 0 Å². The number of hydrogen-bond donors (Lipinski definition) is 2. The molecule has 0 aliphatic heterocycles. The standard InChI is InChI=1S/C23H28O3/c1-4-15-23(5-2,6-3)20-16-19(12-13-21(20)24)18-10-7-17(8-11-18)9-14-22(25)26/h4,7-8,10-13,16,24H,1,5-6,9,14-15H2,2-3H3,(H,25,26). The summed E-state index contributed by atoms with van der Waals surface area (Å²) in [6.07, 6.45) is 5.28. The summed E-state index contributed by atoms with van der Waals surface area (Å²) < 4.78 is 0. The van der Waals surface area contributed by atoms with Crippen LogP contribution < -0.4 is 0 Å². The van der Waals surface area contributed by atoms with Gasteiger partial charge in [0.25, 0.3) is 0 Å². The number of aliphatic carboxylic acids is 1. The molecule has 2 aromatic carbocycles. The van der Waals surface area contributed by atoms with E-state index in [4.69, 9.17) is 5.11 Å². The number of hydrogen-bond acceptors (Lipinski definition) is 2. The van der Waals surface area contributed by atoms with Crippen LogP contribution in [0.15, 0.2) is 55.1 Å². The first-order valence-electron chi connectivity index (χ1n) is 9.21. The highest BCUT2D eigenvalue weighted by Crippen LogP contribution is 2.42. The van der Waals surface area contributed by atoms with Crippen molar-refractivity contribution in [1.29, 1.82) is 0 Å². The lowest BCUT2D eigenvalue weighted by Gasteiger charge is -2.32. The van der Waals surface area contributed by atoms with E-state index >= 15 is 0 Å². The van der Waals surface area contributed by atoms with Crippen molar-refractivity contribution in [3.63, 3.8) is 0 Å². The summed E-state index contributed by atoms with van der Waals surface area (Å²) in [6, 6.07) is 13.8. The van der Waals surface area contributed by atoms with Crippen molar-refractivity contribution in [2.45, 2.75) is 51.4 Å². The van der Waals surface area contributed by atoms with Crippen LogP contribution in [0.2, 0.25) is 0 Å². The largest absolute Gasteiger partial charge is 0.508 e. The van der Waals surface area contributed by atoms with Gasteiger partial charge in [-0.1, -0.05) is 50.3 Å². The maximum absolute atomic E-state index is 10.7. The van der Waals surface area contributed by atoms with Crippen LogP contribution >= 0.6 is 0 Å². The molecule has 0 aliphatic carbocycles. The van der Waals surface area contributed by atoms with Crippen LogP contribution in [0.5, 0.6) is 5.75 Å². The number of allylic oxidation sites excluding steroid dienone is 1. The molecule has 3 heteroatoms. The number of aromatic hydroxyl groups is 1. The Hall–Kier alpha value is -2.55. The second-order valence-corrected chi connectivity index (χ2v) is 6.80. The first-order chi connectivity index (χ1) is 12.5. The van der Waals surface area contributed by atoms with Crippen LogP contribution in [0.4, 0.5) is 0 Å². The Kier molecular flexibility index (Phi) is 6.62. The minimum atomic E-state index is -0.782. The molecule has 0 fully saturated rings. The summed E-state index contributed by atoms with van der Waals surface area (Å²) in [5, 5.41) is 19.3. The SMILES string of the molecule is C=CCC(CC)(CC)c1cc(-c2ccc(CCC(=O)O)cc2)ccc1O. The zero-order valence-corrected chi connectivity index (χ0v) is 15.7. The zero-order chi connectivity index (χ0) is 19.2. The fourth-order valence-electron chi connectivity index (χ4n) is 3.56. The Balaban J connectivity index is 2.37. The van der Waals surface area contributed by atoms with Crippen molar-refractivity contribution in [2.75, 3.05) is 0 Å². The summed E-state index contributed by atoms with van der Waals surface area (Å²) >= 11 is 0. The first kappa shape index (κ1) is 19.8. The molecule has 0 aliphatic rings. The highest BCUT2D eigenvalue weighted by molar-refractivity contribution is 5.68. The third-order valence-electron chi connectivity index (χ3n) is 5.37. The van der Waals surface area contributed by atoms with Gasteiger partial charge >= 0.3 is 5.97 Å². The number of rotatable bonds is 9. The number of phenolic OH excluding ortho intramolecular Hbond substituents is 1. The van der Waals surface area contributed by atoms with Crippen molar-refractivity contribution in [3.8, 4) is 16.9 Å². The Morgan fingerprint density at radius 3 is 2.23 bits per heavy atom. The second kappa shape index (κ2) is 8.70. The molecular formula is C23H28O3. The fourth-order valence-corrected chi connectivity index (χ4v) is 3.56. The molecule has 138 valence electrons. The highest BCUT2D eigenvalue weighted by atomic mass is 16.4. The molecule has 0 unspecified atom stereocenters. The van der Waals surface area contributed by atoms with E-state index < -0.39 is 5.97 Å². The topological polar surface area (TPSA) is 57.5 Å². The van der Waals surface area contributed by atoms with Gasteiger partial charge in [-0.3, -0.25) is 4.79 Å². The molecule has 0 spiro atoms. The van der Waals surface area contributed by atoms with E-state index in [1.807, 2.05) is 36.4 Å². The molecule has 2 rings (SSSR count). The monoisotopic (exact) mass is 352 g/mol. The summed E-state index contributed by atoms with van der Waals surface area (Å²) in [4.78, 5) is 10.7. The third kappa shape index (κ3) is 4.34. The average Bonchev–Trinajstić information content (AvgIpc) is 2.65. The second-order valence-electron chi connectivity index (χ2n) is 6.80. The predicted molar refractivity (Wildman–Crippen MR) is 107 cm³/mol. The van der Waals surface area contributed by atoms with Gasteiger partial charge in [-0.15, -0.1) is 6.58 Å². The minimum Gasteiger partial charge on any atom is -0.508 e. The van der Waals surface area contributed by atoms with Gasteiger partial charge in [-0.25, -0.2) is 0 Å². The fraction of sp³-hybridized carbons (Fsp3) is 0.348. The van der Waals surface area contributed by atoms with Crippen LogP contribution in [0, 0.1) is 0 Å². The number of benzene rings is 2. The lowest BCUT2D eigenvalue weighted by molar-refractivity contribution is -0.136. The van der Waals surface area contributed by atoms with Crippen LogP contribution in [0.3, 0.4) is 0 Å². The van der Waals surface area contributed by atoms with Crippen molar-refractivity contribution >= 4 is 5.97 Å². The molecule has 0 heterocycles. The summed E-state index contributed by atoms with van der Waals surface area (Å²) in [5.74, 6) is -0.452. The summed E-state index contributed by atoms with van der Waals surface area (Å²) in [5.41, 5.74) is 3.99. The van der Waals surface area contributed by atoms with E-state index in [0.717, 1.165) is 41.5 Å². The number of carbonyl (C=O) groups is 1. The molecule has 2 N–H and O–H groups in total. The predicted octanol–water partition coefficient (Wildman–Crippen LogP) is 5.71. The average molecular weight is 352 g/mol. The number of carboxylic acids is 1. The maximum atomic E-state index is 10.7. The van der Waals surface area contributed by atoms with Gasteiger partial charge in [-0.2, -0.15) is 0 Å². The van der Waals surface area contributed by atoms with Crippen LogP contribution in [-0.4, -0.2) is 16.2 Å². The zero-order valence-electron chi connectivity index (χ0n) is 15.7.